The summed E-state index contributed by atoms with van der Waals surface area (Å²) in [6.45, 7) is 0. The van der Waals surface area contributed by atoms with Crippen LogP contribution in [-0.2, 0) is 11.2 Å². The largest absolute Gasteiger partial charge is 0.303 e. The Morgan fingerprint density at radius 1 is 1.36 bits per heavy atom. The first kappa shape index (κ1) is 8.22. The summed E-state index contributed by atoms with van der Waals surface area (Å²) in [6, 6.07) is 10.5. The maximum absolute atomic E-state index is 10.8. The van der Waals surface area contributed by atoms with Gasteiger partial charge in [0.1, 0.15) is 6.29 Å². The van der Waals surface area contributed by atoms with Crippen LogP contribution in [0.1, 0.15) is 18.4 Å². The van der Waals surface area contributed by atoms with Gasteiger partial charge in [-0.2, -0.15) is 0 Å². The molecule has 1 nitrogen and oxygen atoms in total. The van der Waals surface area contributed by atoms with Crippen molar-refractivity contribution >= 4 is 6.29 Å². The molecule has 0 aromatic heterocycles. The van der Waals surface area contributed by atoms with Crippen LogP contribution >= 0.6 is 0 Å². The Balaban J connectivity index is 1.77. The minimum absolute atomic E-state index is 0.354. The summed E-state index contributed by atoms with van der Waals surface area (Å²) in [4.78, 5) is 10.8. The lowest BCUT2D eigenvalue weighted by Crippen LogP contribution is -2.31. The second-order valence-corrected chi connectivity index (χ2v) is 4.77. The van der Waals surface area contributed by atoms with E-state index in [0.29, 0.717) is 11.3 Å². The van der Waals surface area contributed by atoms with Gasteiger partial charge in [-0.3, -0.25) is 0 Å². The van der Waals surface area contributed by atoms with E-state index in [-0.39, 0.29) is 0 Å². The second kappa shape index (κ2) is 2.69. The number of carbonyl (C=O) groups excluding carboxylic acids is 1. The Labute approximate surface area is 84.1 Å². The molecule has 1 aromatic carbocycles. The molecule has 0 spiro atoms. The zero-order chi connectivity index (χ0) is 9.60. The molecular weight excluding hydrogens is 172 g/mol. The Morgan fingerprint density at radius 3 is 2.71 bits per heavy atom. The maximum Gasteiger partial charge on any atom is 0.123 e. The summed E-state index contributed by atoms with van der Waals surface area (Å²) in [7, 11) is 0. The van der Waals surface area contributed by atoms with E-state index >= 15 is 0 Å². The number of benzene rings is 1. The number of carbonyl (C=O) groups is 1. The number of hydrogen-bond donors (Lipinski definition) is 0. The number of rotatable bonds is 3. The van der Waals surface area contributed by atoms with Gasteiger partial charge < -0.3 is 4.79 Å². The van der Waals surface area contributed by atoms with Crippen LogP contribution in [0.15, 0.2) is 30.3 Å². The van der Waals surface area contributed by atoms with Gasteiger partial charge in [0.25, 0.3) is 0 Å². The van der Waals surface area contributed by atoms with Crippen molar-refractivity contribution in [2.45, 2.75) is 19.3 Å². The highest BCUT2D eigenvalue weighted by molar-refractivity contribution is 5.60. The number of fused-ring (bicyclic) bond motifs is 1. The van der Waals surface area contributed by atoms with E-state index in [1.165, 1.54) is 18.3 Å². The molecule has 3 atom stereocenters. The van der Waals surface area contributed by atoms with Crippen LogP contribution in [0.5, 0.6) is 0 Å². The normalized spacial score (nSPS) is 38.3. The van der Waals surface area contributed by atoms with E-state index in [1.54, 1.807) is 0 Å². The average molecular weight is 186 g/mol. The van der Waals surface area contributed by atoms with Crippen LogP contribution in [-0.4, -0.2) is 6.29 Å². The fourth-order valence-electron chi connectivity index (χ4n) is 3.07. The van der Waals surface area contributed by atoms with E-state index in [2.05, 4.69) is 24.3 Å². The molecule has 14 heavy (non-hydrogen) atoms. The highest BCUT2D eigenvalue weighted by atomic mass is 16.1. The van der Waals surface area contributed by atoms with E-state index in [9.17, 15) is 4.79 Å². The highest BCUT2D eigenvalue weighted by Crippen LogP contribution is 2.71. The van der Waals surface area contributed by atoms with Crippen LogP contribution in [0.2, 0.25) is 0 Å². The summed E-state index contributed by atoms with van der Waals surface area (Å²) in [5, 5.41) is 0. The third-order valence-electron chi connectivity index (χ3n) is 4.10. The molecule has 0 radical (unpaired) electrons. The lowest BCUT2D eigenvalue weighted by Gasteiger charge is -2.32. The first-order valence-corrected chi connectivity index (χ1v) is 5.34. The van der Waals surface area contributed by atoms with Gasteiger partial charge >= 0.3 is 0 Å². The third kappa shape index (κ3) is 0.985. The van der Waals surface area contributed by atoms with Gasteiger partial charge in [-0.1, -0.05) is 30.3 Å². The van der Waals surface area contributed by atoms with Crippen LogP contribution < -0.4 is 0 Å². The topological polar surface area (TPSA) is 17.1 Å². The quantitative estimate of drug-likeness (QED) is 0.663. The van der Waals surface area contributed by atoms with Crippen LogP contribution in [0.4, 0.5) is 0 Å². The molecule has 2 aliphatic carbocycles. The smallest absolute Gasteiger partial charge is 0.123 e. The molecule has 0 heterocycles. The molecule has 72 valence electrons. The molecule has 0 aliphatic heterocycles. The molecule has 1 heteroatoms. The van der Waals surface area contributed by atoms with Crippen molar-refractivity contribution in [3.8, 4) is 0 Å². The Hall–Kier alpha value is -1.11. The molecule has 0 bridgehead atoms. The number of aldehydes is 1. The van der Waals surface area contributed by atoms with Gasteiger partial charge in [0, 0.05) is 5.92 Å². The van der Waals surface area contributed by atoms with Gasteiger partial charge in [-0.05, 0) is 36.2 Å². The van der Waals surface area contributed by atoms with Crippen molar-refractivity contribution < 1.29 is 4.79 Å². The lowest BCUT2D eigenvalue weighted by atomic mass is 9.71. The summed E-state index contributed by atoms with van der Waals surface area (Å²) in [5.41, 5.74) is 1.78. The zero-order valence-corrected chi connectivity index (χ0v) is 8.15. The predicted octanol–water partition coefficient (Wildman–Crippen LogP) is 2.45. The summed E-state index contributed by atoms with van der Waals surface area (Å²) >= 11 is 0. The van der Waals surface area contributed by atoms with Crippen molar-refractivity contribution in [2.75, 3.05) is 0 Å². The molecule has 3 unspecified atom stereocenters. The lowest BCUT2D eigenvalue weighted by molar-refractivity contribution is -0.116. The standard InChI is InChI=1S/C13H14O/c14-9-12-6-11-8-13(11,12)7-10-4-2-1-3-5-10/h1-5,9,11-12H,6-8H2. The van der Waals surface area contributed by atoms with Crippen molar-refractivity contribution in [1.82, 2.24) is 0 Å². The van der Waals surface area contributed by atoms with E-state index in [4.69, 9.17) is 0 Å². The van der Waals surface area contributed by atoms with E-state index in [0.717, 1.165) is 18.8 Å². The SMILES string of the molecule is O=CC1CC2CC12Cc1ccccc1. The first-order valence-electron chi connectivity index (χ1n) is 5.34. The van der Waals surface area contributed by atoms with E-state index in [1.807, 2.05) is 6.07 Å². The predicted molar refractivity (Wildman–Crippen MR) is 54.9 cm³/mol. The second-order valence-electron chi connectivity index (χ2n) is 4.77. The molecule has 2 saturated carbocycles. The van der Waals surface area contributed by atoms with Crippen LogP contribution in [0.3, 0.4) is 0 Å². The molecule has 3 rings (SSSR count). The summed E-state index contributed by atoms with van der Waals surface area (Å²) in [6.07, 6.45) is 4.72. The zero-order valence-electron chi connectivity index (χ0n) is 8.15. The van der Waals surface area contributed by atoms with Crippen LogP contribution in [0, 0.1) is 17.3 Å². The maximum atomic E-state index is 10.8. The number of hydrogen-bond acceptors (Lipinski definition) is 1. The van der Waals surface area contributed by atoms with Gasteiger partial charge in [0.15, 0.2) is 0 Å². The first-order chi connectivity index (χ1) is 6.85. The van der Waals surface area contributed by atoms with Gasteiger partial charge in [0.2, 0.25) is 0 Å². The Kier molecular flexibility index (Phi) is 1.58. The van der Waals surface area contributed by atoms with E-state index < -0.39 is 0 Å². The van der Waals surface area contributed by atoms with Crippen molar-refractivity contribution in [2.24, 2.45) is 17.3 Å². The Morgan fingerprint density at radius 2 is 2.14 bits per heavy atom. The Bertz CT molecular complexity index is 357. The monoisotopic (exact) mass is 186 g/mol. The van der Waals surface area contributed by atoms with Gasteiger partial charge in [-0.15, -0.1) is 0 Å². The third-order valence-corrected chi connectivity index (χ3v) is 4.10. The molecule has 0 saturated heterocycles. The van der Waals surface area contributed by atoms with Crippen molar-refractivity contribution in [3.63, 3.8) is 0 Å². The van der Waals surface area contributed by atoms with Crippen LogP contribution in [0.25, 0.3) is 0 Å². The minimum atomic E-state index is 0.354. The average Bonchev–Trinajstić information content (AvgIpc) is 2.76. The summed E-state index contributed by atoms with van der Waals surface area (Å²) < 4.78 is 0. The highest BCUT2D eigenvalue weighted by Gasteiger charge is 2.66. The minimum Gasteiger partial charge on any atom is -0.303 e. The fourth-order valence-corrected chi connectivity index (χ4v) is 3.07. The molecule has 1 aromatic rings. The van der Waals surface area contributed by atoms with Gasteiger partial charge in [0.05, 0.1) is 0 Å². The van der Waals surface area contributed by atoms with Crippen molar-refractivity contribution in [1.29, 1.82) is 0 Å². The summed E-state index contributed by atoms with van der Waals surface area (Å²) in [5.74, 6) is 1.21. The molecule has 2 fully saturated rings. The fraction of sp³-hybridized carbons (Fsp3) is 0.462. The molecule has 2 aliphatic rings. The molecule has 0 N–H and O–H groups in total. The van der Waals surface area contributed by atoms with Crippen molar-refractivity contribution in [3.05, 3.63) is 35.9 Å². The molecular formula is C13H14O. The molecule has 0 amide bonds. The van der Waals surface area contributed by atoms with Gasteiger partial charge in [-0.25, -0.2) is 0 Å².